The molecule has 1 aliphatic rings. The largest absolute Gasteiger partial charge is 0.385 e. The van der Waals surface area contributed by atoms with Crippen LogP contribution in [0.1, 0.15) is 23.8 Å². The van der Waals surface area contributed by atoms with Crippen LogP contribution in [0.4, 0.5) is 5.95 Å². The van der Waals surface area contributed by atoms with Gasteiger partial charge in [0.05, 0.1) is 0 Å². The number of rotatable bonds is 7. The molecule has 1 amide bonds. The van der Waals surface area contributed by atoms with Crippen molar-refractivity contribution in [3.05, 3.63) is 18.0 Å². The van der Waals surface area contributed by atoms with E-state index in [0.717, 1.165) is 39.1 Å². The standard InChI is InChI=1S/C15H25N5O2/c1-3-19-8-10-20(11-9-19)15-17-7-5-13(18-15)14(21)16-6-4-12-22-2/h5,7H,3-4,6,8-12H2,1-2H3,(H,16,21). The molecule has 1 saturated heterocycles. The molecule has 0 unspecified atom stereocenters. The van der Waals surface area contributed by atoms with E-state index in [4.69, 9.17) is 4.74 Å². The van der Waals surface area contributed by atoms with E-state index in [1.165, 1.54) is 0 Å². The Bertz CT molecular complexity index is 475. The lowest BCUT2D eigenvalue weighted by atomic mass is 10.3. The molecule has 0 aromatic carbocycles. The first kappa shape index (κ1) is 16.6. The maximum atomic E-state index is 12.1. The number of methoxy groups -OCH3 is 1. The van der Waals surface area contributed by atoms with Gasteiger partial charge in [-0.05, 0) is 19.0 Å². The van der Waals surface area contributed by atoms with Crippen LogP contribution < -0.4 is 10.2 Å². The summed E-state index contributed by atoms with van der Waals surface area (Å²) in [5, 5.41) is 2.84. The van der Waals surface area contributed by atoms with Crippen LogP contribution in [0.15, 0.2) is 12.3 Å². The van der Waals surface area contributed by atoms with Crippen molar-refractivity contribution in [1.82, 2.24) is 20.2 Å². The van der Waals surface area contributed by atoms with E-state index >= 15 is 0 Å². The van der Waals surface area contributed by atoms with Crippen molar-refractivity contribution in [1.29, 1.82) is 0 Å². The van der Waals surface area contributed by atoms with Gasteiger partial charge in [0, 0.05) is 52.6 Å². The number of anilines is 1. The summed E-state index contributed by atoms with van der Waals surface area (Å²) >= 11 is 0. The third-order valence-electron chi connectivity index (χ3n) is 3.79. The molecule has 0 aliphatic carbocycles. The van der Waals surface area contributed by atoms with Crippen molar-refractivity contribution < 1.29 is 9.53 Å². The highest BCUT2D eigenvalue weighted by Crippen LogP contribution is 2.11. The zero-order chi connectivity index (χ0) is 15.8. The number of amides is 1. The minimum Gasteiger partial charge on any atom is -0.385 e. The molecule has 7 nitrogen and oxygen atoms in total. The minimum atomic E-state index is -0.160. The molecule has 0 radical (unpaired) electrons. The Morgan fingerprint density at radius 1 is 1.36 bits per heavy atom. The van der Waals surface area contributed by atoms with Crippen molar-refractivity contribution >= 4 is 11.9 Å². The molecule has 7 heteroatoms. The van der Waals surface area contributed by atoms with Gasteiger partial charge in [0.25, 0.3) is 5.91 Å². The van der Waals surface area contributed by atoms with Crippen LogP contribution >= 0.6 is 0 Å². The molecular weight excluding hydrogens is 282 g/mol. The molecule has 22 heavy (non-hydrogen) atoms. The van der Waals surface area contributed by atoms with Crippen LogP contribution in [0, 0.1) is 0 Å². The summed E-state index contributed by atoms with van der Waals surface area (Å²) < 4.78 is 4.96. The topological polar surface area (TPSA) is 70.6 Å². The zero-order valence-electron chi connectivity index (χ0n) is 13.4. The normalized spacial score (nSPS) is 15.8. The summed E-state index contributed by atoms with van der Waals surface area (Å²) in [6.07, 6.45) is 2.44. The van der Waals surface area contributed by atoms with Crippen LogP contribution in [-0.4, -0.2) is 73.8 Å². The monoisotopic (exact) mass is 307 g/mol. The van der Waals surface area contributed by atoms with Gasteiger partial charge in [-0.15, -0.1) is 0 Å². The Kier molecular flexibility index (Phi) is 6.54. The number of piperazine rings is 1. The van der Waals surface area contributed by atoms with E-state index in [1.807, 2.05) is 0 Å². The Labute approximate surface area is 131 Å². The summed E-state index contributed by atoms with van der Waals surface area (Å²) in [7, 11) is 1.65. The molecule has 0 saturated carbocycles. The van der Waals surface area contributed by atoms with Crippen LogP contribution in [0.5, 0.6) is 0 Å². The molecule has 122 valence electrons. The van der Waals surface area contributed by atoms with Crippen LogP contribution in [0.25, 0.3) is 0 Å². The molecule has 0 atom stereocenters. The molecular formula is C15H25N5O2. The van der Waals surface area contributed by atoms with Gasteiger partial charge in [0.15, 0.2) is 0 Å². The Hall–Kier alpha value is -1.73. The van der Waals surface area contributed by atoms with Crippen molar-refractivity contribution in [2.45, 2.75) is 13.3 Å². The summed E-state index contributed by atoms with van der Waals surface area (Å²) in [4.78, 5) is 25.3. The average molecular weight is 307 g/mol. The highest BCUT2D eigenvalue weighted by molar-refractivity contribution is 5.92. The number of nitrogens with zero attached hydrogens (tertiary/aromatic N) is 4. The second-order valence-corrected chi connectivity index (χ2v) is 5.27. The van der Waals surface area contributed by atoms with E-state index in [9.17, 15) is 4.79 Å². The highest BCUT2D eigenvalue weighted by Gasteiger charge is 2.18. The quantitative estimate of drug-likeness (QED) is 0.735. The Morgan fingerprint density at radius 2 is 2.14 bits per heavy atom. The minimum absolute atomic E-state index is 0.160. The van der Waals surface area contributed by atoms with Crippen LogP contribution in [0.3, 0.4) is 0 Å². The lowest BCUT2D eigenvalue weighted by Crippen LogP contribution is -2.46. The van der Waals surface area contributed by atoms with E-state index in [1.54, 1.807) is 19.4 Å². The number of hydrogen-bond donors (Lipinski definition) is 1. The maximum Gasteiger partial charge on any atom is 0.270 e. The second-order valence-electron chi connectivity index (χ2n) is 5.27. The molecule has 1 N–H and O–H groups in total. The van der Waals surface area contributed by atoms with Gasteiger partial charge < -0.3 is 19.9 Å². The fraction of sp³-hybridized carbons (Fsp3) is 0.667. The van der Waals surface area contributed by atoms with Gasteiger partial charge in [-0.25, -0.2) is 9.97 Å². The van der Waals surface area contributed by atoms with E-state index in [0.29, 0.717) is 24.8 Å². The highest BCUT2D eigenvalue weighted by atomic mass is 16.5. The molecule has 0 bridgehead atoms. The predicted molar refractivity (Wildman–Crippen MR) is 85.2 cm³/mol. The summed E-state index contributed by atoms with van der Waals surface area (Å²) in [5.74, 6) is 0.479. The van der Waals surface area contributed by atoms with Crippen molar-refractivity contribution in [2.75, 3.05) is 57.9 Å². The molecule has 2 heterocycles. The number of likely N-dealkylation sites (N-methyl/N-ethyl adjacent to an activating group) is 1. The maximum absolute atomic E-state index is 12.1. The lowest BCUT2D eigenvalue weighted by molar-refractivity contribution is 0.0943. The molecule has 1 aromatic rings. The number of carbonyl (C=O) groups is 1. The summed E-state index contributed by atoms with van der Waals surface area (Å²) in [6, 6.07) is 1.65. The average Bonchev–Trinajstić information content (AvgIpc) is 2.59. The van der Waals surface area contributed by atoms with Gasteiger partial charge in [0.2, 0.25) is 5.95 Å². The predicted octanol–water partition coefficient (Wildman–Crippen LogP) is 0.385. The molecule has 1 aromatic heterocycles. The van der Waals surface area contributed by atoms with Gasteiger partial charge in [-0.3, -0.25) is 4.79 Å². The SMILES string of the molecule is CCN1CCN(c2nccc(C(=O)NCCCOC)n2)CC1. The first-order chi connectivity index (χ1) is 10.7. The smallest absolute Gasteiger partial charge is 0.270 e. The Balaban J connectivity index is 1.91. The summed E-state index contributed by atoms with van der Waals surface area (Å²) in [5.41, 5.74) is 0.417. The fourth-order valence-corrected chi connectivity index (χ4v) is 2.40. The third kappa shape index (κ3) is 4.64. The molecule has 1 fully saturated rings. The zero-order valence-corrected chi connectivity index (χ0v) is 13.4. The first-order valence-electron chi connectivity index (χ1n) is 7.82. The van der Waals surface area contributed by atoms with Crippen molar-refractivity contribution in [3.63, 3.8) is 0 Å². The van der Waals surface area contributed by atoms with Gasteiger partial charge >= 0.3 is 0 Å². The summed E-state index contributed by atoms with van der Waals surface area (Å²) in [6.45, 7) is 8.26. The molecule has 0 spiro atoms. The number of ether oxygens (including phenoxy) is 1. The fourth-order valence-electron chi connectivity index (χ4n) is 2.40. The van der Waals surface area contributed by atoms with E-state index < -0.39 is 0 Å². The van der Waals surface area contributed by atoms with Gasteiger partial charge in [-0.2, -0.15) is 0 Å². The Morgan fingerprint density at radius 3 is 2.82 bits per heavy atom. The van der Waals surface area contributed by atoms with E-state index in [-0.39, 0.29) is 5.91 Å². The number of hydrogen-bond acceptors (Lipinski definition) is 6. The van der Waals surface area contributed by atoms with Gasteiger partial charge in [-0.1, -0.05) is 6.92 Å². The second kappa shape index (κ2) is 8.65. The van der Waals surface area contributed by atoms with E-state index in [2.05, 4.69) is 32.0 Å². The molecule has 2 rings (SSSR count). The van der Waals surface area contributed by atoms with Crippen molar-refractivity contribution in [2.24, 2.45) is 0 Å². The van der Waals surface area contributed by atoms with Crippen LogP contribution in [-0.2, 0) is 4.74 Å². The number of carbonyl (C=O) groups excluding carboxylic acids is 1. The van der Waals surface area contributed by atoms with Crippen molar-refractivity contribution in [3.8, 4) is 0 Å². The first-order valence-corrected chi connectivity index (χ1v) is 7.82. The lowest BCUT2D eigenvalue weighted by Gasteiger charge is -2.34. The van der Waals surface area contributed by atoms with Crippen LogP contribution in [0.2, 0.25) is 0 Å². The molecule has 1 aliphatic heterocycles. The number of nitrogens with one attached hydrogen (secondary N) is 1. The van der Waals surface area contributed by atoms with Gasteiger partial charge in [0.1, 0.15) is 5.69 Å². The number of aromatic nitrogens is 2. The third-order valence-corrected chi connectivity index (χ3v) is 3.79.